The summed E-state index contributed by atoms with van der Waals surface area (Å²) in [4.78, 5) is 26.7. The van der Waals surface area contributed by atoms with Crippen LogP contribution < -0.4 is 0 Å². The monoisotopic (exact) mass is 340 g/mol. The molecule has 0 N–H and O–H groups in total. The summed E-state index contributed by atoms with van der Waals surface area (Å²) >= 11 is 0. The number of hydrogen-bond donors (Lipinski definition) is 0. The van der Waals surface area contributed by atoms with Gasteiger partial charge in [-0.05, 0) is 18.1 Å². The van der Waals surface area contributed by atoms with E-state index < -0.39 is 30.1 Å². The van der Waals surface area contributed by atoms with Crippen LogP contribution in [0.4, 0.5) is 4.79 Å². The van der Waals surface area contributed by atoms with Gasteiger partial charge in [-0.1, -0.05) is 30.9 Å². The zero-order valence-corrected chi connectivity index (χ0v) is 14.3. The van der Waals surface area contributed by atoms with E-state index >= 15 is 0 Å². The third-order valence-corrected chi connectivity index (χ3v) is 5.35. The highest BCUT2D eigenvalue weighted by molar-refractivity contribution is 5.88. The van der Waals surface area contributed by atoms with Crippen LogP contribution in [0.1, 0.15) is 17.3 Å². The van der Waals surface area contributed by atoms with E-state index in [9.17, 15) is 9.59 Å². The van der Waals surface area contributed by atoms with Gasteiger partial charge in [-0.15, -0.1) is 0 Å². The Morgan fingerprint density at radius 2 is 2.16 bits per heavy atom. The fourth-order valence-electron chi connectivity index (χ4n) is 4.25. The SMILES string of the molecule is C=C[C@@H]1OC(=O)N2CCc3c(n(C)c4ccccc34)[C@@H]2[C@@H]1C(=O)OC. The molecule has 1 aromatic carbocycles. The molecule has 1 aromatic heterocycles. The molecule has 2 aliphatic heterocycles. The van der Waals surface area contributed by atoms with Crippen molar-refractivity contribution in [2.45, 2.75) is 18.6 Å². The number of para-hydroxylation sites is 1. The van der Waals surface area contributed by atoms with Crippen molar-refractivity contribution in [3.8, 4) is 0 Å². The summed E-state index contributed by atoms with van der Waals surface area (Å²) in [5, 5.41) is 1.16. The first-order chi connectivity index (χ1) is 12.1. The number of rotatable bonds is 2. The Morgan fingerprint density at radius 1 is 1.40 bits per heavy atom. The molecular formula is C19H20N2O4. The van der Waals surface area contributed by atoms with E-state index in [1.54, 1.807) is 4.90 Å². The summed E-state index contributed by atoms with van der Waals surface area (Å²) in [7, 11) is 3.33. The number of carbonyl (C=O) groups is 2. The molecule has 1 amide bonds. The minimum atomic E-state index is -0.704. The molecule has 25 heavy (non-hydrogen) atoms. The van der Waals surface area contributed by atoms with Crippen molar-refractivity contribution in [3.63, 3.8) is 0 Å². The fourth-order valence-corrected chi connectivity index (χ4v) is 4.25. The van der Waals surface area contributed by atoms with Gasteiger partial charge in [0.25, 0.3) is 0 Å². The molecule has 2 aliphatic rings. The number of hydrogen-bond acceptors (Lipinski definition) is 4. The number of fused-ring (bicyclic) bond motifs is 5. The third-order valence-electron chi connectivity index (χ3n) is 5.35. The number of nitrogens with zero attached hydrogens (tertiary/aromatic N) is 2. The summed E-state index contributed by atoms with van der Waals surface area (Å²) in [5.74, 6) is -1.03. The normalized spacial score (nSPS) is 25.1. The van der Waals surface area contributed by atoms with Gasteiger partial charge in [0, 0.05) is 30.2 Å². The Balaban J connectivity index is 1.96. The largest absolute Gasteiger partial charge is 0.469 e. The lowest BCUT2D eigenvalue weighted by atomic mass is 9.84. The van der Waals surface area contributed by atoms with Crippen molar-refractivity contribution in [3.05, 3.63) is 48.2 Å². The van der Waals surface area contributed by atoms with Gasteiger partial charge in [0.1, 0.15) is 12.0 Å². The van der Waals surface area contributed by atoms with E-state index in [1.165, 1.54) is 18.7 Å². The minimum absolute atomic E-state index is 0.398. The highest BCUT2D eigenvalue weighted by Gasteiger charge is 2.51. The van der Waals surface area contributed by atoms with Crippen molar-refractivity contribution in [1.29, 1.82) is 0 Å². The van der Waals surface area contributed by atoms with Crippen molar-refractivity contribution < 1.29 is 19.1 Å². The highest BCUT2D eigenvalue weighted by atomic mass is 16.6. The molecule has 1 saturated heterocycles. The first-order valence-electron chi connectivity index (χ1n) is 8.32. The quantitative estimate of drug-likeness (QED) is 0.623. The van der Waals surface area contributed by atoms with E-state index in [4.69, 9.17) is 9.47 Å². The molecule has 0 bridgehead atoms. The van der Waals surface area contributed by atoms with Gasteiger partial charge in [-0.3, -0.25) is 9.69 Å². The predicted molar refractivity (Wildman–Crippen MR) is 92.0 cm³/mol. The zero-order chi connectivity index (χ0) is 17.7. The molecule has 6 heteroatoms. The zero-order valence-electron chi connectivity index (χ0n) is 14.3. The van der Waals surface area contributed by atoms with Gasteiger partial charge < -0.3 is 14.0 Å². The smallest absolute Gasteiger partial charge is 0.410 e. The molecule has 3 heterocycles. The molecule has 130 valence electrons. The molecule has 0 radical (unpaired) electrons. The van der Waals surface area contributed by atoms with Crippen LogP contribution in [0.5, 0.6) is 0 Å². The average Bonchev–Trinajstić information content (AvgIpc) is 2.94. The average molecular weight is 340 g/mol. The number of aromatic nitrogens is 1. The van der Waals surface area contributed by atoms with E-state index in [2.05, 4.69) is 23.3 Å². The summed E-state index contributed by atoms with van der Waals surface area (Å²) in [6, 6.07) is 7.72. The Labute approximate surface area is 145 Å². The number of carbonyl (C=O) groups excluding carboxylic acids is 2. The number of cyclic esters (lactones) is 1. The molecule has 4 rings (SSSR count). The van der Waals surface area contributed by atoms with Crippen LogP contribution in [0.15, 0.2) is 36.9 Å². The second-order valence-electron chi connectivity index (χ2n) is 6.46. The molecule has 6 nitrogen and oxygen atoms in total. The first-order valence-corrected chi connectivity index (χ1v) is 8.32. The number of methoxy groups -OCH3 is 1. The van der Waals surface area contributed by atoms with Crippen LogP contribution in [0.2, 0.25) is 0 Å². The molecule has 2 aromatic rings. The predicted octanol–water partition coefficient (Wildman–Crippen LogP) is 2.57. The number of aryl methyl sites for hydroxylation is 1. The maximum absolute atomic E-state index is 12.5. The first kappa shape index (κ1) is 15.7. The minimum Gasteiger partial charge on any atom is -0.469 e. The van der Waals surface area contributed by atoms with Gasteiger partial charge in [0.15, 0.2) is 0 Å². The molecule has 1 fully saturated rings. The summed E-state index contributed by atoms with van der Waals surface area (Å²) in [5.41, 5.74) is 3.25. The van der Waals surface area contributed by atoms with E-state index in [1.807, 2.05) is 19.2 Å². The summed E-state index contributed by atoms with van der Waals surface area (Å²) in [6.45, 7) is 4.25. The number of esters is 1. The lowest BCUT2D eigenvalue weighted by Crippen LogP contribution is -2.55. The summed E-state index contributed by atoms with van der Waals surface area (Å²) in [6.07, 6.45) is 1.12. The molecule has 0 spiro atoms. The maximum atomic E-state index is 12.5. The van der Waals surface area contributed by atoms with E-state index in [-0.39, 0.29) is 0 Å². The van der Waals surface area contributed by atoms with Crippen molar-refractivity contribution in [2.24, 2.45) is 13.0 Å². The Morgan fingerprint density at radius 3 is 2.88 bits per heavy atom. The standard InChI is InChI=1S/C19H20N2O4/c1-4-14-15(18(22)24-3)17-16-12(9-10-21(17)19(23)25-14)11-7-5-6-8-13(11)20(16)2/h4-8,14-15,17H,1,9-10H2,2-3H3/t14-,15+,17-/m0/s1. The van der Waals surface area contributed by atoms with Crippen molar-refractivity contribution in [2.75, 3.05) is 13.7 Å². The lowest BCUT2D eigenvalue weighted by molar-refractivity contribution is -0.155. The van der Waals surface area contributed by atoms with Gasteiger partial charge in [-0.2, -0.15) is 0 Å². The van der Waals surface area contributed by atoms with Crippen LogP contribution >= 0.6 is 0 Å². The van der Waals surface area contributed by atoms with Gasteiger partial charge in [-0.25, -0.2) is 4.79 Å². The summed E-state index contributed by atoms with van der Waals surface area (Å²) < 4.78 is 12.5. The van der Waals surface area contributed by atoms with Crippen molar-refractivity contribution >= 4 is 23.0 Å². The molecule has 0 saturated carbocycles. The third kappa shape index (κ3) is 2.10. The lowest BCUT2D eigenvalue weighted by Gasteiger charge is -2.45. The van der Waals surface area contributed by atoms with Gasteiger partial charge in [0.05, 0.1) is 13.2 Å². The Bertz CT molecular complexity index is 885. The molecule has 0 unspecified atom stereocenters. The van der Waals surface area contributed by atoms with Crippen LogP contribution in [0, 0.1) is 5.92 Å². The highest BCUT2D eigenvalue weighted by Crippen LogP contribution is 2.44. The fraction of sp³-hybridized carbons (Fsp3) is 0.368. The Hall–Kier alpha value is -2.76. The van der Waals surface area contributed by atoms with E-state index in [0.717, 1.165) is 23.0 Å². The molecule has 0 aliphatic carbocycles. The topological polar surface area (TPSA) is 60.8 Å². The maximum Gasteiger partial charge on any atom is 0.410 e. The number of ether oxygens (including phenoxy) is 2. The van der Waals surface area contributed by atoms with Crippen LogP contribution in [0.3, 0.4) is 0 Å². The van der Waals surface area contributed by atoms with Gasteiger partial charge >= 0.3 is 12.1 Å². The number of amides is 1. The molecular weight excluding hydrogens is 320 g/mol. The molecule has 3 atom stereocenters. The van der Waals surface area contributed by atoms with Crippen LogP contribution in [0.25, 0.3) is 10.9 Å². The van der Waals surface area contributed by atoms with Gasteiger partial charge in [0.2, 0.25) is 0 Å². The number of benzene rings is 1. The second kappa shape index (κ2) is 5.65. The van der Waals surface area contributed by atoms with Crippen LogP contribution in [-0.4, -0.2) is 41.3 Å². The van der Waals surface area contributed by atoms with E-state index in [0.29, 0.717) is 6.54 Å². The Kier molecular flexibility index (Phi) is 3.56. The second-order valence-corrected chi connectivity index (χ2v) is 6.46. The van der Waals surface area contributed by atoms with Crippen LogP contribution in [-0.2, 0) is 27.7 Å². The van der Waals surface area contributed by atoms with Crippen molar-refractivity contribution in [1.82, 2.24) is 9.47 Å².